The summed E-state index contributed by atoms with van der Waals surface area (Å²) in [4.78, 5) is 29.7. The topological polar surface area (TPSA) is 87.4 Å². The molecule has 0 aliphatic carbocycles. The number of amides is 1. The standard InChI is InChI=1S/C23H30N6O2/c1-16(2)29-15-26-19-11-18(6-7-20(19)29)22(30)27(4)12-23(31)8-5-9-28(13-23)21-10-17(3)24-14-25-21/h6-7,10-11,14-16,31H,5,8-9,12-13H2,1-4H3. The Morgan fingerprint density at radius 2 is 2.06 bits per heavy atom. The van der Waals surface area contributed by atoms with Gasteiger partial charge >= 0.3 is 0 Å². The Kier molecular flexibility index (Phi) is 5.66. The smallest absolute Gasteiger partial charge is 0.253 e. The van der Waals surface area contributed by atoms with Crippen LogP contribution in [0.5, 0.6) is 0 Å². The van der Waals surface area contributed by atoms with Crippen molar-refractivity contribution in [2.75, 3.05) is 31.6 Å². The number of aliphatic hydroxyl groups is 1. The summed E-state index contributed by atoms with van der Waals surface area (Å²) in [5, 5.41) is 11.3. The molecule has 3 heterocycles. The molecule has 0 saturated carbocycles. The van der Waals surface area contributed by atoms with Crippen LogP contribution in [0.25, 0.3) is 11.0 Å². The summed E-state index contributed by atoms with van der Waals surface area (Å²) >= 11 is 0. The molecule has 0 radical (unpaired) electrons. The molecule has 1 aliphatic heterocycles. The molecule has 1 aliphatic rings. The first kappa shape index (κ1) is 21.2. The summed E-state index contributed by atoms with van der Waals surface area (Å²) in [6.45, 7) is 7.64. The number of carbonyl (C=O) groups is 1. The lowest BCUT2D eigenvalue weighted by Crippen LogP contribution is -2.54. The van der Waals surface area contributed by atoms with E-state index >= 15 is 0 Å². The maximum absolute atomic E-state index is 13.1. The minimum Gasteiger partial charge on any atom is -0.386 e. The van der Waals surface area contributed by atoms with E-state index < -0.39 is 5.60 Å². The number of likely N-dealkylation sites (N-methyl/N-ethyl adjacent to an activating group) is 1. The number of rotatable bonds is 5. The highest BCUT2D eigenvalue weighted by molar-refractivity contribution is 5.97. The number of fused-ring (bicyclic) bond motifs is 1. The van der Waals surface area contributed by atoms with Gasteiger partial charge in [-0.05, 0) is 51.8 Å². The summed E-state index contributed by atoms with van der Waals surface area (Å²) in [5.74, 6) is 0.690. The lowest BCUT2D eigenvalue weighted by Gasteiger charge is -2.41. The van der Waals surface area contributed by atoms with Crippen LogP contribution in [0.3, 0.4) is 0 Å². The van der Waals surface area contributed by atoms with Gasteiger partial charge in [0.05, 0.1) is 29.5 Å². The SMILES string of the molecule is Cc1cc(N2CCCC(O)(CN(C)C(=O)c3ccc4c(c3)ncn4C(C)C)C2)ncn1. The molecule has 1 amide bonds. The number of hydrogen-bond donors (Lipinski definition) is 1. The third kappa shape index (κ3) is 4.39. The molecule has 0 bridgehead atoms. The van der Waals surface area contributed by atoms with Gasteiger partial charge in [0.1, 0.15) is 12.1 Å². The van der Waals surface area contributed by atoms with E-state index in [1.165, 1.54) is 0 Å². The maximum Gasteiger partial charge on any atom is 0.253 e. The number of piperidine rings is 1. The Labute approximate surface area is 182 Å². The van der Waals surface area contributed by atoms with Gasteiger partial charge in [0.25, 0.3) is 5.91 Å². The molecule has 1 unspecified atom stereocenters. The molecule has 0 spiro atoms. The van der Waals surface area contributed by atoms with Gasteiger partial charge in [-0.2, -0.15) is 0 Å². The Hall–Kier alpha value is -3.00. The van der Waals surface area contributed by atoms with Gasteiger partial charge in [-0.1, -0.05) is 0 Å². The Bertz CT molecular complexity index is 1090. The van der Waals surface area contributed by atoms with Gasteiger partial charge < -0.3 is 19.5 Å². The fourth-order valence-electron chi connectivity index (χ4n) is 4.36. The van der Waals surface area contributed by atoms with E-state index in [1.807, 2.05) is 37.5 Å². The molecule has 8 nitrogen and oxygen atoms in total. The number of nitrogens with zero attached hydrogens (tertiary/aromatic N) is 6. The van der Waals surface area contributed by atoms with Crippen LogP contribution in [0.15, 0.2) is 36.9 Å². The molecule has 1 N–H and O–H groups in total. The van der Waals surface area contributed by atoms with Crippen LogP contribution < -0.4 is 4.90 Å². The molecular formula is C23H30N6O2. The van der Waals surface area contributed by atoms with E-state index in [1.54, 1.807) is 18.3 Å². The van der Waals surface area contributed by atoms with E-state index in [2.05, 4.69) is 38.3 Å². The number of aromatic nitrogens is 4. The highest BCUT2D eigenvalue weighted by Crippen LogP contribution is 2.26. The second-order valence-electron chi connectivity index (χ2n) is 8.88. The van der Waals surface area contributed by atoms with Gasteiger partial charge in [0.2, 0.25) is 0 Å². The van der Waals surface area contributed by atoms with Crippen molar-refractivity contribution < 1.29 is 9.90 Å². The summed E-state index contributed by atoms with van der Waals surface area (Å²) < 4.78 is 2.08. The van der Waals surface area contributed by atoms with Crippen molar-refractivity contribution in [2.45, 2.75) is 45.3 Å². The van der Waals surface area contributed by atoms with Crippen molar-refractivity contribution in [3.8, 4) is 0 Å². The minimum atomic E-state index is -0.995. The summed E-state index contributed by atoms with van der Waals surface area (Å²) in [7, 11) is 1.74. The van der Waals surface area contributed by atoms with Crippen LogP contribution in [0.2, 0.25) is 0 Å². The van der Waals surface area contributed by atoms with Gasteiger partial charge in [0, 0.05) is 43.5 Å². The first-order chi connectivity index (χ1) is 14.8. The molecule has 1 saturated heterocycles. The van der Waals surface area contributed by atoms with E-state index in [-0.39, 0.29) is 12.5 Å². The molecule has 1 atom stereocenters. The van der Waals surface area contributed by atoms with Crippen LogP contribution >= 0.6 is 0 Å². The Morgan fingerprint density at radius 1 is 1.26 bits per heavy atom. The number of carbonyl (C=O) groups excluding carboxylic acids is 1. The van der Waals surface area contributed by atoms with Crippen molar-refractivity contribution in [1.82, 2.24) is 24.4 Å². The van der Waals surface area contributed by atoms with Gasteiger partial charge in [-0.25, -0.2) is 15.0 Å². The number of hydrogen-bond acceptors (Lipinski definition) is 6. The summed E-state index contributed by atoms with van der Waals surface area (Å²) in [6, 6.07) is 7.83. The molecule has 164 valence electrons. The maximum atomic E-state index is 13.1. The van der Waals surface area contributed by atoms with E-state index in [0.29, 0.717) is 24.6 Å². The van der Waals surface area contributed by atoms with Crippen LogP contribution in [-0.4, -0.2) is 67.7 Å². The Morgan fingerprint density at radius 3 is 2.81 bits per heavy atom. The molecule has 3 aromatic rings. The molecule has 1 fully saturated rings. The highest BCUT2D eigenvalue weighted by atomic mass is 16.3. The third-order valence-corrected chi connectivity index (χ3v) is 5.92. The van der Waals surface area contributed by atoms with Gasteiger partial charge in [0.15, 0.2) is 0 Å². The van der Waals surface area contributed by atoms with Crippen LogP contribution in [0.4, 0.5) is 5.82 Å². The Balaban J connectivity index is 1.48. The zero-order valence-electron chi connectivity index (χ0n) is 18.6. The van der Waals surface area contributed by atoms with Crippen LogP contribution in [0, 0.1) is 6.92 Å². The number of anilines is 1. The van der Waals surface area contributed by atoms with Gasteiger partial charge in [-0.15, -0.1) is 0 Å². The molecular weight excluding hydrogens is 392 g/mol. The molecule has 1 aromatic carbocycles. The summed E-state index contributed by atoms with van der Waals surface area (Å²) in [6.07, 6.45) is 4.83. The molecule has 4 rings (SSSR count). The number of imidazole rings is 1. The molecule has 2 aromatic heterocycles. The average molecular weight is 423 g/mol. The molecule has 8 heteroatoms. The predicted octanol–water partition coefficient (Wildman–Crippen LogP) is 2.82. The normalized spacial score (nSPS) is 19.2. The second-order valence-corrected chi connectivity index (χ2v) is 8.88. The third-order valence-electron chi connectivity index (χ3n) is 5.92. The fraction of sp³-hybridized carbons (Fsp3) is 0.478. The van der Waals surface area contributed by atoms with Crippen molar-refractivity contribution in [2.24, 2.45) is 0 Å². The van der Waals surface area contributed by atoms with Crippen molar-refractivity contribution in [1.29, 1.82) is 0 Å². The summed E-state index contributed by atoms with van der Waals surface area (Å²) in [5.41, 5.74) is 2.28. The quantitative estimate of drug-likeness (QED) is 0.680. The molecule has 31 heavy (non-hydrogen) atoms. The lowest BCUT2D eigenvalue weighted by atomic mass is 9.92. The van der Waals surface area contributed by atoms with E-state index in [4.69, 9.17) is 0 Å². The van der Waals surface area contributed by atoms with Crippen LogP contribution in [0.1, 0.15) is 48.8 Å². The van der Waals surface area contributed by atoms with Crippen molar-refractivity contribution >= 4 is 22.8 Å². The predicted molar refractivity (Wildman–Crippen MR) is 120 cm³/mol. The number of aryl methyl sites for hydroxylation is 1. The zero-order valence-corrected chi connectivity index (χ0v) is 18.6. The average Bonchev–Trinajstić information content (AvgIpc) is 3.16. The van der Waals surface area contributed by atoms with Crippen molar-refractivity contribution in [3.63, 3.8) is 0 Å². The fourth-order valence-corrected chi connectivity index (χ4v) is 4.36. The van der Waals surface area contributed by atoms with Crippen LogP contribution in [-0.2, 0) is 0 Å². The number of benzene rings is 1. The zero-order chi connectivity index (χ0) is 22.2. The van der Waals surface area contributed by atoms with E-state index in [0.717, 1.165) is 35.5 Å². The second kappa shape index (κ2) is 8.26. The largest absolute Gasteiger partial charge is 0.386 e. The van der Waals surface area contributed by atoms with Gasteiger partial charge in [-0.3, -0.25) is 4.79 Å². The lowest BCUT2D eigenvalue weighted by molar-refractivity contribution is -0.000136. The highest BCUT2D eigenvalue weighted by Gasteiger charge is 2.36. The number of β-amino-alcohol motifs (C(OH)–C–C–N with tert-alkyl or cyclic N) is 1. The van der Waals surface area contributed by atoms with Crippen molar-refractivity contribution in [3.05, 3.63) is 48.2 Å². The first-order valence-corrected chi connectivity index (χ1v) is 10.7. The monoisotopic (exact) mass is 422 g/mol. The first-order valence-electron chi connectivity index (χ1n) is 10.7. The minimum absolute atomic E-state index is 0.121. The van der Waals surface area contributed by atoms with E-state index in [9.17, 15) is 9.90 Å².